The van der Waals surface area contributed by atoms with Gasteiger partial charge in [-0.05, 0) is 61.8 Å². The molecule has 0 spiro atoms. The van der Waals surface area contributed by atoms with Crippen molar-refractivity contribution in [3.05, 3.63) is 28.2 Å². The molecule has 0 radical (unpaired) electrons. The van der Waals surface area contributed by atoms with Gasteiger partial charge in [0.2, 0.25) is 0 Å². The Morgan fingerprint density at radius 3 is 2.20 bits per heavy atom. The quantitative estimate of drug-likeness (QED) is 0.865. The molecule has 0 aliphatic carbocycles. The summed E-state index contributed by atoms with van der Waals surface area (Å²) in [5, 5.41) is 18.6. The van der Waals surface area contributed by atoms with E-state index in [2.05, 4.69) is 22.0 Å². The molecular weight excluding hydrogens is 318 g/mol. The zero-order chi connectivity index (χ0) is 16.0. The van der Waals surface area contributed by atoms with Crippen molar-refractivity contribution in [2.75, 3.05) is 0 Å². The van der Waals surface area contributed by atoms with E-state index in [1.54, 1.807) is 32.0 Å². The highest BCUT2D eigenvalue weighted by Crippen LogP contribution is 2.32. The van der Waals surface area contributed by atoms with E-state index in [-0.39, 0.29) is 0 Å². The lowest BCUT2D eigenvalue weighted by atomic mass is 9.92. The Hall–Kier alpha value is -1.05. The zero-order valence-electron chi connectivity index (χ0n) is 13.1. The minimum Gasteiger partial charge on any atom is -0.487 e. The van der Waals surface area contributed by atoms with E-state index in [0.717, 1.165) is 4.47 Å². The van der Waals surface area contributed by atoms with Gasteiger partial charge in [0.05, 0.1) is 21.7 Å². The molecule has 4 heteroatoms. The zero-order valence-corrected chi connectivity index (χ0v) is 14.7. The Balaban J connectivity index is 0.00000172. The largest absolute Gasteiger partial charge is 0.487 e. The molecule has 0 heterocycles. The molecule has 0 fully saturated rings. The normalized spacial score (nSPS) is 11.2. The van der Waals surface area contributed by atoms with Crippen LogP contribution in [-0.2, 0) is 0 Å². The van der Waals surface area contributed by atoms with Gasteiger partial charge in [0, 0.05) is 6.42 Å². The summed E-state index contributed by atoms with van der Waals surface area (Å²) in [5.41, 5.74) is -0.702. The van der Waals surface area contributed by atoms with Gasteiger partial charge < -0.3 is 9.84 Å². The van der Waals surface area contributed by atoms with Crippen LogP contribution in [0.1, 0.15) is 53.5 Å². The fraction of sp³-hybridized carbons (Fsp3) is 0.562. The SMILES string of the molecule is CC.CC(C)(O)CC(C)(C)Oc1ccc(C#N)cc1Br. The summed E-state index contributed by atoms with van der Waals surface area (Å²) in [7, 11) is 0. The summed E-state index contributed by atoms with van der Waals surface area (Å²) in [6.07, 6.45) is 0.506. The molecule has 0 bridgehead atoms. The first-order chi connectivity index (χ1) is 9.13. The lowest BCUT2D eigenvalue weighted by Gasteiger charge is -2.32. The maximum atomic E-state index is 9.85. The van der Waals surface area contributed by atoms with Gasteiger partial charge in [-0.3, -0.25) is 0 Å². The van der Waals surface area contributed by atoms with Crippen LogP contribution in [0.15, 0.2) is 22.7 Å². The van der Waals surface area contributed by atoms with Gasteiger partial charge in [-0.25, -0.2) is 0 Å². The molecule has 1 aromatic carbocycles. The van der Waals surface area contributed by atoms with E-state index < -0.39 is 11.2 Å². The number of nitrogens with zero attached hydrogens (tertiary/aromatic N) is 1. The number of aliphatic hydroxyl groups is 1. The number of nitriles is 1. The molecule has 20 heavy (non-hydrogen) atoms. The van der Waals surface area contributed by atoms with Crippen molar-refractivity contribution in [2.45, 2.75) is 59.2 Å². The van der Waals surface area contributed by atoms with Crippen molar-refractivity contribution in [3.63, 3.8) is 0 Å². The van der Waals surface area contributed by atoms with Crippen LogP contribution < -0.4 is 4.74 Å². The third-order valence-electron chi connectivity index (χ3n) is 2.31. The van der Waals surface area contributed by atoms with Crippen molar-refractivity contribution in [1.82, 2.24) is 0 Å². The molecule has 0 saturated carbocycles. The fourth-order valence-corrected chi connectivity index (χ4v) is 2.49. The van der Waals surface area contributed by atoms with Crippen molar-refractivity contribution >= 4 is 15.9 Å². The molecule has 1 rings (SSSR count). The molecular formula is C16H24BrNO2. The average Bonchev–Trinajstić information content (AvgIpc) is 2.31. The maximum Gasteiger partial charge on any atom is 0.134 e. The van der Waals surface area contributed by atoms with E-state index in [1.165, 1.54) is 0 Å². The molecule has 112 valence electrons. The minimum absolute atomic E-state index is 0.491. The Bertz CT molecular complexity index is 470. The number of hydrogen-bond donors (Lipinski definition) is 1. The second-order valence-electron chi connectivity index (χ2n) is 5.61. The summed E-state index contributed by atoms with van der Waals surface area (Å²) >= 11 is 3.38. The third-order valence-corrected chi connectivity index (χ3v) is 2.93. The molecule has 1 N–H and O–H groups in total. The van der Waals surface area contributed by atoms with Crippen LogP contribution in [0, 0.1) is 11.3 Å². The van der Waals surface area contributed by atoms with Crippen LogP contribution in [0.5, 0.6) is 5.75 Å². The highest BCUT2D eigenvalue weighted by molar-refractivity contribution is 9.10. The number of ether oxygens (including phenoxy) is 1. The highest BCUT2D eigenvalue weighted by Gasteiger charge is 2.29. The van der Waals surface area contributed by atoms with Gasteiger partial charge in [-0.2, -0.15) is 5.26 Å². The Morgan fingerprint density at radius 2 is 1.80 bits per heavy atom. The second-order valence-corrected chi connectivity index (χ2v) is 6.46. The smallest absolute Gasteiger partial charge is 0.134 e. The summed E-state index contributed by atoms with van der Waals surface area (Å²) in [6, 6.07) is 7.26. The molecule has 0 aromatic heterocycles. The van der Waals surface area contributed by atoms with Crippen molar-refractivity contribution in [1.29, 1.82) is 5.26 Å². The summed E-state index contributed by atoms with van der Waals surface area (Å²) in [6.45, 7) is 11.4. The van der Waals surface area contributed by atoms with Crippen LogP contribution in [0.25, 0.3) is 0 Å². The summed E-state index contributed by atoms with van der Waals surface area (Å²) in [4.78, 5) is 0. The van der Waals surface area contributed by atoms with Crippen LogP contribution in [-0.4, -0.2) is 16.3 Å². The van der Waals surface area contributed by atoms with Gasteiger partial charge in [0.25, 0.3) is 0 Å². The van der Waals surface area contributed by atoms with Gasteiger partial charge in [0.1, 0.15) is 11.4 Å². The topological polar surface area (TPSA) is 53.2 Å². The van der Waals surface area contributed by atoms with E-state index in [1.807, 2.05) is 27.7 Å². The average molecular weight is 342 g/mol. The minimum atomic E-state index is -0.789. The number of rotatable bonds is 4. The van der Waals surface area contributed by atoms with E-state index in [4.69, 9.17) is 10.00 Å². The standard InChI is InChI=1S/C14H18BrNO2.C2H6/c1-13(2,17)9-14(3,4)18-12-6-5-10(8-16)7-11(12)15;1-2/h5-7,17H,9H2,1-4H3;1-2H3. The first-order valence-electron chi connectivity index (χ1n) is 6.74. The summed E-state index contributed by atoms with van der Waals surface area (Å²) in [5.74, 6) is 0.670. The van der Waals surface area contributed by atoms with Crippen LogP contribution in [0.3, 0.4) is 0 Å². The van der Waals surface area contributed by atoms with Crippen LogP contribution >= 0.6 is 15.9 Å². The first-order valence-corrected chi connectivity index (χ1v) is 7.53. The third kappa shape index (κ3) is 6.93. The second kappa shape index (κ2) is 7.66. The van der Waals surface area contributed by atoms with Crippen molar-refractivity contribution in [2.24, 2.45) is 0 Å². The van der Waals surface area contributed by atoms with E-state index >= 15 is 0 Å². The van der Waals surface area contributed by atoms with Gasteiger partial charge in [-0.1, -0.05) is 13.8 Å². The lowest BCUT2D eigenvalue weighted by molar-refractivity contribution is -0.0109. The lowest BCUT2D eigenvalue weighted by Crippen LogP contribution is -2.37. The van der Waals surface area contributed by atoms with Gasteiger partial charge in [0.15, 0.2) is 0 Å². The molecule has 0 aliphatic rings. The Morgan fingerprint density at radius 1 is 1.25 bits per heavy atom. The molecule has 0 unspecified atom stereocenters. The molecule has 0 amide bonds. The van der Waals surface area contributed by atoms with E-state index in [0.29, 0.717) is 17.7 Å². The van der Waals surface area contributed by atoms with Gasteiger partial charge >= 0.3 is 0 Å². The van der Waals surface area contributed by atoms with Crippen molar-refractivity contribution < 1.29 is 9.84 Å². The first kappa shape index (κ1) is 18.9. The Kier molecular flexibility index (Phi) is 7.26. The van der Waals surface area contributed by atoms with Crippen molar-refractivity contribution in [3.8, 4) is 11.8 Å². The Labute approximate surface area is 130 Å². The summed E-state index contributed by atoms with van der Waals surface area (Å²) < 4.78 is 6.63. The number of benzene rings is 1. The predicted molar refractivity (Wildman–Crippen MR) is 85.8 cm³/mol. The maximum absolute atomic E-state index is 9.85. The highest BCUT2D eigenvalue weighted by atomic mass is 79.9. The number of hydrogen-bond acceptors (Lipinski definition) is 3. The molecule has 0 atom stereocenters. The van der Waals surface area contributed by atoms with Crippen LogP contribution in [0.4, 0.5) is 0 Å². The monoisotopic (exact) mass is 341 g/mol. The van der Waals surface area contributed by atoms with E-state index in [9.17, 15) is 5.11 Å². The molecule has 1 aromatic rings. The van der Waals surface area contributed by atoms with Crippen LogP contribution in [0.2, 0.25) is 0 Å². The molecule has 0 saturated heterocycles. The molecule has 3 nitrogen and oxygen atoms in total. The fourth-order valence-electron chi connectivity index (χ4n) is 2.03. The predicted octanol–water partition coefficient (Wildman–Crippen LogP) is 4.67. The number of halogens is 1. The van der Waals surface area contributed by atoms with Gasteiger partial charge in [-0.15, -0.1) is 0 Å². The molecule has 0 aliphatic heterocycles.